The minimum atomic E-state index is -0.113. The van der Waals surface area contributed by atoms with Gasteiger partial charge in [0.1, 0.15) is 6.54 Å². The van der Waals surface area contributed by atoms with Gasteiger partial charge in [0.2, 0.25) is 5.91 Å². The van der Waals surface area contributed by atoms with Crippen LogP contribution in [-0.4, -0.2) is 33.7 Å². The molecular formula is C18H23ClN4O. The molecule has 24 heavy (non-hydrogen) atoms. The molecule has 0 spiro atoms. The van der Waals surface area contributed by atoms with Gasteiger partial charge in [0.05, 0.1) is 10.7 Å². The van der Waals surface area contributed by atoms with Crippen LogP contribution >= 0.6 is 11.6 Å². The van der Waals surface area contributed by atoms with E-state index in [-0.39, 0.29) is 12.5 Å². The number of halogens is 1. The van der Waals surface area contributed by atoms with Crippen molar-refractivity contribution >= 4 is 23.2 Å². The first-order chi connectivity index (χ1) is 11.6. The molecule has 2 aromatic rings. The van der Waals surface area contributed by atoms with Crippen LogP contribution in [0.4, 0.5) is 5.69 Å². The Labute approximate surface area is 147 Å². The highest BCUT2D eigenvalue weighted by molar-refractivity contribution is 6.31. The minimum Gasteiger partial charge on any atom is -0.324 e. The molecule has 128 valence electrons. The van der Waals surface area contributed by atoms with E-state index in [1.54, 1.807) is 10.9 Å². The molecule has 3 rings (SSSR count). The number of aromatic nitrogens is 2. The van der Waals surface area contributed by atoms with E-state index in [4.69, 9.17) is 11.6 Å². The van der Waals surface area contributed by atoms with Gasteiger partial charge < -0.3 is 5.32 Å². The van der Waals surface area contributed by atoms with Gasteiger partial charge in [-0.3, -0.25) is 14.4 Å². The standard InChI is InChI=1S/C18H23ClN4O/c1-14-17(19)12-23(21-14)13-18(24)20-16-7-5-15(6-8-16)11-22-9-3-2-4-10-22/h5-8,12H,2-4,9-11,13H2,1H3,(H,20,24). The average Bonchev–Trinajstić information content (AvgIpc) is 2.88. The number of benzene rings is 1. The first-order valence-corrected chi connectivity index (χ1v) is 8.78. The Morgan fingerprint density at radius 3 is 2.54 bits per heavy atom. The summed E-state index contributed by atoms with van der Waals surface area (Å²) in [5.74, 6) is -0.113. The molecule has 0 bridgehead atoms. The molecule has 0 aliphatic carbocycles. The minimum absolute atomic E-state index is 0.113. The second-order valence-electron chi connectivity index (χ2n) is 6.34. The molecule has 5 nitrogen and oxygen atoms in total. The molecule has 0 atom stereocenters. The third-order valence-electron chi connectivity index (χ3n) is 4.28. The van der Waals surface area contributed by atoms with Gasteiger partial charge in [0, 0.05) is 18.4 Å². The van der Waals surface area contributed by atoms with E-state index in [0.29, 0.717) is 5.02 Å². The van der Waals surface area contributed by atoms with Crippen LogP contribution in [0.1, 0.15) is 30.5 Å². The van der Waals surface area contributed by atoms with E-state index in [9.17, 15) is 4.79 Å². The fraction of sp³-hybridized carbons (Fsp3) is 0.444. The third-order valence-corrected chi connectivity index (χ3v) is 4.66. The number of carbonyl (C=O) groups excluding carboxylic acids is 1. The molecule has 1 amide bonds. The van der Waals surface area contributed by atoms with Gasteiger partial charge in [-0.2, -0.15) is 5.10 Å². The molecule has 0 radical (unpaired) electrons. The molecule has 6 heteroatoms. The van der Waals surface area contributed by atoms with Crippen molar-refractivity contribution in [3.05, 3.63) is 46.7 Å². The summed E-state index contributed by atoms with van der Waals surface area (Å²) in [6.07, 6.45) is 5.61. The largest absolute Gasteiger partial charge is 0.324 e. The predicted molar refractivity (Wildman–Crippen MR) is 96.2 cm³/mol. The monoisotopic (exact) mass is 346 g/mol. The van der Waals surface area contributed by atoms with Crippen molar-refractivity contribution in [1.82, 2.24) is 14.7 Å². The number of carbonyl (C=O) groups is 1. The average molecular weight is 347 g/mol. The maximum absolute atomic E-state index is 12.1. The number of aryl methyl sites for hydroxylation is 1. The number of hydrogen-bond donors (Lipinski definition) is 1. The zero-order chi connectivity index (χ0) is 16.9. The number of nitrogens with zero attached hydrogens (tertiary/aromatic N) is 3. The second kappa shape index (κ2) is 7.81. The Morgan fingerprint density at radius 2 is 1.92 bits per heavy atom. The van der Waals surface area contributed by atoms with Crippen LogP contribution < -0.4 is 5.32 Å². The van der Waals surface area contributed by atoms with E-state index in [1.165, 1.54) is 37.9 Å². The van der Waals surface area contributed by atoms with Crippen LogP contribution in [0.25, 0.3) is 0 Å². The first-order valence-electron chi connectivity index (χ1n) is 8.41. The quantitative estimate of drug-likeness (QED) is 0.901. The van der Waals surface area contributed by atoms with Gasteiger partial charge >= 0.3 is 0 Å². The lowest BCUT2D eigenvalue weighted by molar-refractivity contribution is -0.116. The van der Waals surface area contributed by atoms with E-state index < -0.39 is 0 Å². The van der Waals surface area contributed by atoms with Crippen molar-refractivity contribution in [2.45, 2.75) is 39.3 Å². The number of amides is 1. The van der Waals surface area contributed by atoms with Gasteiger partial charge in [-0.1, -0.05) is 30.2 Å². The summed E-state index contributed by atoms with van der Waals surface area (Å²) >= 11 is 5.95. The highest BCUT2D eigenvalue weighted by Gasteiger charge is 2.11. The predicted octanol–water partition coefficient (Wildman–Crippen LogP) is 3.47. The summed E-state index contributed by atoms with van der Waals surface area (Å²) in [5, 5.41) is 7.66. The van der Waals surface area contributed by atoms with Gasteiger partial charge in [-0.05, 0) is 50.6 Å². The smallest absolute Gasteiger partial charge is 0.246 e. The van der Waals surface area contributed by atoms with E-state index in [1.807, 2.05) is 19.1 Å². The van der Waals surface area contributed by atoms with Crippen LogP contribution in [0.15, 0.2) is 30.5 Å². The lowest BCUT2D eigenvalue weighted by Gasteiger charge is -2.26. The molecule has 1 saturated heterocycles. The van der Waals surface area contributed by atoms with Crippen LogP contribution in [0, 0.1) is 6.92 Å². The van der Waals surface area contributed by atoms with Crippen molar-refractivity contribution in [1.29, 1.82) is 0 Å². The van der Waals surface area contributed by atoms with Crippen molar-refractivity contribution in [3.8, 4) is 0 Å². The molecule has 1 N–H and O–H groups in total. The van der Waals surface area contributed by atoms with Crippen LogP contribution in [0.2, 0.25) is 5.02 Å². The fourth-order valence-electron chi connectivity index (χ4n) is 2.99. The zero-order valence-electron chi connectivity index (χ0n) is 14.0. The highest BCUT2D eigenvalue weighted by atomic mass is 35.5. The Hall–Kier alpha value is -1.85. The van der Waals surface area contributed by atoms with Crippen molar-refractivity contribution < 1.29 is 4.79 Å². The molecule has 0 saturated carbocycles. The number of anilines is 1. The van der Waals surface area contributed by atoms with Crippen LogP contribution in [-0.2, 0) is 17.9 Å². The van der Waals surface area contributed by atoms with Crippen molar-refractivity contribution in [2.24, 2.45) is 0 Å². The summed E-state index contributed by atoms with van der Waals surface area (Å²) in [7, 11) is 0. The van der Waals surface area contributed by atoms with Crippen LogP contribution in [0.3, 0.4) is 0 Å². The molecule has 2 heterocycles. The van der Waals surface area contributed by atoms with Crippen molar-refractivity contribution in [2.75, 3.05) is 18.4 Å². The summed E-state index contributed by atoms with van der Waals surface area (Å²) in [6.45, 7) is 5.33. The van der Waals surface area contributed by atoms with E-state index in [2.05, 4.69) is 27.4 Å². The second-order valence-corrected chi connectivity index (χ2v) is 6.75. The molecule has 1 aliphatic heterocycles. The van der Waals surface area contributed by atoms with Gasteiger partial charge in [0.15, 0.2) is 0 Å². The molecule has 0 unspecified atom stereocenters. The highest BCUT2D eigenvalue weighted by Crippen LogP contribution is 2.16. The number of piperidine rings is 1. The fourth-order valence-corrected chi connectivity index (χ4v) is 3.14. The Balaban J connectivity index is 1.52. The zero-order valence-corrected chi connectivity index (χ0v) is 14.7. The number of hydrogen-bond acceptors (Lipinski definition) is 3. The molecule has 1 aromatic carbocycles. The van der Waals surface area contributed by atoms with Gasteiger partial charge in [0.25, 0.3) is 0 Å². The molecule has 1 fully saturated rings. The number of likely N-dealkylation sites (tertiary alicyclic amines) is 1. The normalized spacial score (nSPS) is 15.4. The Kier molecular flexibility index (Phi) is 5.53. The number of nitrogens with one attached hydrogen (secondary N) is 1. The summed E-state index contributed by atoms with van der Waals surface area (Å²) in [6, 6.07) is 8.08. The van der Waals surface area contributed by atoms with Crippen LogP contribution in [0.5, 0.6) is 0 Å². The summed E-state index contributed by atoms with van der Waals surface area (Å²) in [5.41, 5.74) is 2.81. The summed E-state index contributed by atoms with van der Waals surface area (Å²) < 4.78 is 1.55. The first kappa shape index (κ1) is 17.0. The topological polar surface area (TPSA) is 50.2 Å². The SMILES string of the molecule is Cc1nn(CC(=O)Nc2ccc(CN3CCCCC3)cc2)cc1Cl. The van der Waals surface area contributed by atoms with Gasteiger partial charge in [-0.25, -0.2) is 0 Å². The summed E-state index contributed by atoms with van der Waals surface area (Å²) in [4.78, 5) is 14.6. The molecule has 1 aliphatic rings. The lowest BCUT2D eigenvalue weighted by Crippen LogP contribution is -2.29. The van der Waals surface area contributed by atoms with Gasteiger partial charge in [-0.15, -0.1) is 0 Å². The molecular weight excluding hydrogens is 324 g/mol. The van der Waals surface area contributed by atoms with E-state index in [0.717, 1.165) is 17.9 Å². The number of rotatable bonds is 5. The third kappa shape index (κ3) is 4.58. The maximum atomic E-state index is 12.1. The molecule has 1 aromatic heterocycles. The van der Waals surface area contributed by atoms with Crippen molar-refractivity contribution in [3.63, 3.8) is 0 Å². The maximum Gasteiger partial charge on any atom is 0.246 e. The Morgan fingerprint density at radius 1 is 1.21 bits per heavy atom. The Bertz CT molecular complexity index is 670. The van der Waals surface area contributed by atoms with E-state index >= 15 is 0 Å². The lowest BCUT2D eigenvalue weighted by atomic mass is 10.1.